The highest BCUT2D eigenvalue weighted by Crippen LogP contribution is 2.30. The number of pyridine rings is 2. The van der Waals surface area contributed by atoms with E-state index in [9.17, 15) is 0 Å². The van der Waals surface area contributed by atoms with E-state index in [0.29, 0.717) is 5.82 Å². The van der Waals surface area contributed by atoms with E-state index >= 15 is 0 Å². The van der Waals surface area contributed by atoms with Gasteiger partial charge in [-0.15, -0.1) is 0 Å². The minimum atomic E-state index is 0.565. The SMILES string of the molecule is c1ccc(-c2nc(-c3cccnc3)cnc2[N-][n+]2ccccc2)cc1. The number of hydrogen-bond donors (Lipinski definition) is 0. The molecule has 4 rings (SSSR count). The third-order valence-corrected chi connectivity index (χ3v) is 3.67. The molecule has 0 radical (unpaired) electrons. The summed E-state index contributed by atoms with van der Waals surface area (Å²) in [5, 5.41) is 0. The third-order valence-electron chi connectivity index (χ3n) is 3.67. The fraction of sp³-hybridized carbons (Fsp3) is 0. The average molecular weight is 325 g/mol. The molecule has 0 bridgehead atoms. The average Bonchev–Trinajstić information content (AvgIpc) is 2.70. The molecule has 5 heteroatoms. The Hall–Kier alpha value is -3.60. The molecule has 0 spiro atoms. The summed E-state index contributed by atoms with van der Waals surface area (Å²) in [6, 6.07) is 19.6. The normalized spacial score (nSPS) is 10.4. The monoisotopic (exact) mass is 325 g/mol. The maximum atomic E-state index is 4.80. The molecular formula is C20H15N5. The summed E-state index contributed by atoms with van der Waals surface area (Å²) in [4.78, 5) is 13.5. The van der Waals surface area contributed by atoms with E-state index in [1.807, 2.05) is 73.1 Å². The molecule has 0 unspecified atom stereocenters. The van der Waals surface area contributed by atoms with Crippen molar-refractivity contribution in [3.8, 4) is 22.5 Å². The zero-order valence-electron chi connectivity index (χ0n) is 13.4. The molecule has 0 aliphatic rings. The van der Waals surface area contributed by atoms with E-state index in [1.165, 1.54) is 0 Å². The van der Waals surface area contributed by atoms with Crippen LogP contribution in [-0.2, 0) is 0 Å². The Morgan fingerprint density at radius 1 is 0.760 bits per heavy atom. The molecule has 0 atom stereocenters. The summed E-state index contributed by atoms with van der Waals surface area (Å²) < 4.78 is 1.72. The smallest absolute Gasteiger partial charge is 0.182 e. The third kappa shape index (κ3) is 3.35. The van der Waals surface area contributed by atoms with Gasteiger partial charge in [0.2, 0.25) is 0 Å². The first-order chi connectivity index (χ1) is 12.4. The maximum absolute atomic E-state index is 4.80. The van der Waals surface area contributed by atoms with Crippen LogP contribution in [0.4, 0.5) is 5.82 Å². The number of rotatable bonds is 4. The van der Waals surface area contributed by atoms with Gasteiger partial charge in [0.15, 0.2) is 12.4 Å². The van der Waals surface area contributed by atoms with Gasteiger partial charge in [-0.2, -0.15) is 10.1 Å². The predicted molar refractivity (Wildman–Crippen MR) is 95.8 cm³/mol. The summed E-state index contributed by atoms with van der Waals surface area (Å²) in [5.74, 6) is 0.565. The van der Waals surface area contributed by atoms with Crippen molar-refractivity contribution in [2.75, 3.05) is 0 Å². The number of benzene rings is 1. The molecule has 120 valence electrons. The second-order valence-corrected chi connectivity index (χ2v) is 5.39. The summed E-state index contributed by atoms with van der Waals surface area (Å²) in [7, 11) is 0. The first kappa shape index (κ1) is 15.0. The zero-order chi connectivity index (χ0) is 16.9. The van der Waals surface area contributed by atoms with Crippen LogP contribution in [-0.4, -0.2) is 15.0 Å². The zero-order valence-corrected chi connectivity index (χ0v) is 13.4. The molecule has 0 fully saturated rings. The number of nitrogens with zero attached hydrogens (tertiary/aromatic N) is 5. The minimum absolute atomic E-state index is 0.565. The highest BCUT2D eigenvalue weighted by Gasteiger charge is 2.08. The van der Waals surface area contributed by atoms with Crippen molar-refractivity contribution in [1.29, 1.82) is 0 Å². The van der Waals surface area contributed by atoms with Gasteiger partial charge >= 0.3 is 0 Å². The summed E-state index contributed by atoms with van der Waals surface area (Å²) in [6.45, 7) is 0. The van der Waals surface area contributed by atoms with Crippen LogP contribution in [0.25, 0.3) is 27.9 Å². The van der Waals surface area contributed by atoms with Gasteiger partial charge in [0, 0.05) is 41.5 Å². The Labute approximate surface area is 145 Å². The molecule has 3 aromatic heterocycles. The number of aromatic nitrogens is 4. The van der Waals surface area contributed by atoms with Crippen molar-refractivity contribution in [2.45, 2.75) is 0 Å². The van der Waals surface area contributed by atoms with E-state index in [-0.39, 0.29) is 0 Å². The fourth-order valence-electron chi connectivity index (χ4n) is 2.46. The topological polar surface area (TPSA) is 56.7 Å². The first-order valence-electron chi connectivity index (χ1n) is 7.91. The van der Waals surface area contributed by atoms with Crippen LogP contribution < -0.4 is 4.68 Å². The van der Waals surface area contributed by atoms with Crippen molar-refractivity contribution in [1.82, 2.24) is 15.0 Å². The van der Waals surface area contributed by atoms with E-state index in [1.54, 1.807) is 23.3 Å². The van der Waals surface area contributed by atoms with Crippen molar-refractivity contribution >= 4 is 5.82 Å². The standard InChI is InChI=1S/C20H15N5/c1-3-8-16(9-4-1)19-20(24-25-12-5-2-6-13-25)22-15-18(23-19)17-10-7-11-21-14-17/h1-15H. The van der Waals surface area contributed by atoms with Gasteiger partial charge in [-0.05, 0) is 12.1 Å². The Balaban J connectivity index is 1.81. The van der Waals surface area contributed by atoms with Gasteiger partial charge in [0.05, 0.1) is 11.4 Å². The molecule has 5 nitrogen and oxygen atoms in total. The molecule has 0 amide bonds. The molecular weight excluding hydrogens is 310 g/mol. The highest BCUT2D eigenvalue weighted by atomic mass is 15.4. The van der Waals surface area contributed by atoms with Crippen molar-refractivity contribution in [2.24, 2.45) is 0 Å². The second kappa shape index (κ2) is 6.88. The van der Waals surface area contributed by atoms with Gasteiger partial charge in [-0.25, -0.2) is 4.98 Å². The van der Waals surface area contributed by atoms with Gasteiger partial charge in [0.1, 0.15) is 0 Å². The minimum Gasteiger partial charge on any atom is -0.435 e. The number of hydrogen-bond acceptors (Lipinski definition) is 3. The lowest BCUT2D eigenvalue weighted by atomic mass is 10.1. The maximum Gasteiger partial charge on any atom is 0.182 e. The van der Waals surface area contributed by atoms with E-state index in [0.717, 1.165) is 22.5 Å². The first-order valence-corrected chi connectivity index (χ1v) is 7.91. The van der Waals surface area contributed by atoms with Crippen LogP contribution in [0.3, 0.4) is 0 Å². The molecule has 0 aliphatic carbocycles. The van der Waals surface area contributed by atoms with Crippen LogP contribution in [0.5, 0.6) is 0 Å². The van der Waals surface area contributed by atoms with Crippen LogP contribution >= 0.6 is 0 Å². The molecule has 4 aromatic rings. The van der Waals surface area contributed by atoms with Crippen molar-refractivity contribution in [3.05, 3.63) is 97.1 Å². The Morgan fingerprint density at radius 3 is 2.28 bits per heavy atom. The molecule has 25 heavy (non-hydrogen) atoms. The fourth-order valence-corrected chi connectivity index (χ4v) is 2.46. The van der Waals surface area contributed by atoms with Crippen molar-refractivity contribution < 1.29 is 4.68 Å². The molecule has 0 aliphatic heterocycles. The van der Waals surface area contributed by atoms with E-state index in [4.69, 9.17) is 4.98 Å². The summed E-state index contributed by atoms with van der Waals surface area (Å²) in [6.07, 6.45) is 8.98. The second-order valence-electron chi connectivity index (χ2n) is 5.39. The van der Waals surface area contributed by atoms with Crippen LogP contribution in [0.15, 0.2) is 91.6 Å². The van der Waals surface area contributed by atoms with Gasteiger partial charge < -0.3 is 4.98 Å². The van der Waals surface area contributed by atoms with Gasteiger partial charge in [0.25, 0.3) is 0 Å². The predicted octanol–water partition coefficient (Wildman–Crippen LogP) is 3.96. The Morgan fingerprint density at radius 2 is 1.52 bits per heavy atom. The lowest BCUT2D eigenvalue weighted by Gasteiger charge is -2.15. The van der Waals surface area contributed by atoms with Crippen molar-refractivity contribution in [3.63, 3.8) is 0 Å². The van der Waals surface area contributed by atoms with Gasteiger partial charge in [-0.3, -0.25) is 4.98 Å². The highest BCUT2D eigenvalue weighted by molar-refractivity contribution is 5.74. The quantitative estimate of drug-likeness (QED) is 0.534. The van der Waals surface area contributed by atoms with E-state index in [2.05, 4.69) is 15.4 Å². The molecule has 0 N–H and O–H groups in total. The molecule has 0 saturated carbocycles. The van der Waals surface area contributed by atoms with Crippen LogP contribution in [0, 0.1) is 0 Å². The van der Waals surface area contributed by atoms with Crippen LogP contribution in [0.1, 0.15) is 0 Å². The summed E-state index contributed by atoms with van der Waals surface area (Å²) in [5.41, 5.74) is 7.97. The van der Waals surface area contributed by atoms with Crippen LogP contribution in [0.2, 0.25) is 0 Å². The van der Waals surface area contributed by atoms with Gasteiger partial charge in [-0.1, -0.05) is 42.6 Å². The van der Waals surface area contributed by atoms with E-state index < -0.39 is 0 Å². The Kier molecular flexibility index (Phi) is 4.12. The Bertz CT molecular complexity index is 957. The summed E-state index contributed by atoms with van der Waals surface area (Å²) >= 11 is 0. The molecule has 0 saturated heterocycles. The largest absolute Gasteiger partial charge is 0.435 e. The lowest BCUT2D eigenvalue weighted by Crippen LogP contribution is -2.26. The molecule has 3 heterocycles. The lowest BCUT2D eigenvalue weighted by molar-refractivity contribution is -0.619. The molecule has 1 aromatic carbocycles.